The van der Waals surface area contributed by atoms with Gasteiger partial charge in [-0.15, -0.1) is 0 Å². The number of ether oxygens (including phenoxy) is 1. The maximum absolute atomic E-state index is 13.4. The second-order valence-electron chi connectivity index (χ2n) is 7.34. The smallest absolute Gasteiger partial charge is 0.123 e. The molecule has 4 heteroatoms. The van der Waals surface area contributed by atoms with Crippen molar-refractivity contribution < 1.29 is 9.13 Å². The highest BCUT2D eigenvalue weighted by molar-refractivity contribution is 5.21. The Morgan fingerprint density at radius 2 is 2.00 bits per heavy atom. The van der Waals surface area contributed by atoms with Crippen LogP contribution in [0.1, 0.15) is 43.6 Å². The molecule has 3 rings (SSSR count). The van der Waals surface area contributed by atoms with Crippen molar-refractivity contribution in [2.75, 3.05) is 26.7 Å². The molecule has 1 aromatic rings. The highest BCUT2D eigenvalue weighted by atomic mass is 19.1. The summed E-state index contributed by atoms with van der Waals surface area (Å²) in [4.78, 5) is 2.35. The van der Waals surface area contributed by atoms with Gasteiger partial charge in [0.05, 0.1) is 12.7 Å². The molecule has 2 fully saturated rings. The fraction of sp³-hybridized carbons (Fsp3) is 0.684. The fourth-order valence-corrected chi connectivity index (χ4v) is 3.99. The van der Waals surface area contributed by atoms with E-state index < -0.39 is 0 Å². The lowest BCUT2D eigenvalue weighted by molar-refractivity contribution is -0.0128. The van der Waals surface area contributed by atoms with E-state index in [-0.39, 0.29) is 11.9 Å². The summed E-state index contributed by atoms with van der Waals surface area (Å²) < 4.78 is 19.5. The van der Waals surface area contributed by atoms with Gasteiger partial charge in [-0.05, 0) is 69.3 Å². The van der Waals surface area contributed by atoms with E-state index in [0.29, 0.717) is 17.9 Å². The van der Waals surface area contributed by atoms with Crippen molar-refractivity contribution in [1.82, 2.24) is 4.90 Å². The molecule has 1 saturated carbocycles. The quantitative estimate of drug-likeness (QED) is 0.926. The molecule has 128 valence electrons. The molecule has 2 aliphatic rings. The Hall–Kier alpha value is -0.970. The van der Waals surface area contributed by atoms with Crippen LogP contribution in [0, 0.1) is 11.7 Å². The van der Waals surface area contributed by atoms with Gasteiger partial charge in [-0.3, -0.25) is 0 Å². The summed E-state index contributed by atoms with van der Waals surface area (Å²) in [6, 6.07) is 7.33. The zero-order valence-corrected chi connectivity index (χ0v) is 14.1. The van der Waals surface area contributed by atoms with E-state index in [0.717, 1.165) is 57.4 Å². The van der Waals surface area contributed by atoms with Crippen LogP contribution in [0.5, 0.6) is 0 Å². The minimum Gasteiger partial charge on any atom is -0.378 e. The molecule has 1 heterocycles. The Labute approximate surface area is 139 Å². The van der Waals surface area contributed by atoms with Gasteiger partial charge in [0.2, 0.25) is 0 Å². The first-order chi connectivity index (χ1) is 11.1. The van der Waals surface area contributed by atoms with Crippen LogP contribution in [0.2, 0.25) is 0 Å². The minimum absolute atomic E-state index is 0.128. The molecular weight excluding hydrogens is 291 g/mol. The van der Waals surface area contributed by atoms with Crippen molar-refractivity contribution in [3.8, 4) is 0 Å². The van der Waals surface area contributed by atoms with E-state index in [1.807, 2.05) is 12.1 Å². The van der Waals surface area contributed by atoms with Crippen LogP contribution in [-0.2, 0) is 4.74 Å². The number of nitrogens with zero attached hydrogens (tertiary/aromatic N) is 1. The molecule has 0 spiro atoms. The van der Waals surface area contributed by atoms with Crippen molar-refractivity contribution in [3.05, 3.63) is 35.6 Å². The normalized spacial score (nSPS) is 32.8. The van der Waals surface area contributed by atoms with Crippen LogP contribution >= 0.6 is 0 Å². The molecule has 2 unspecified atom stereocenters. The van der Waals surface area contributed by atoms with Crippen LogP contribution in [0.3, 0.4) is 0 Å². The third kappa shape index (κ3) is 4.52. The minimum atomic E-state index is -0.128. The summed E-state index contributed by atoms with van der Waals surface area (Å²) in [5, 5.41) is 0. The van der Waals surface area contributed by atoms with Gasteiger partial charge in [-0.25, -0.2) is 4.39 Å². The summed E-state index contributed by atoms with van der Waals surface area (Å²) in [7, 11) is 2.16. The Balaban J connectivity index is 1.44. The first-order valence-corrected chi connectivity index (χ1v) is 8.93. The summed E-state index contributed by atoms with van der Waals surface area (Å²) in [6.07, 6.45) is 5.73. The SMILES string of the molecule is CN1CCC(N)C(CO[C@H]2CC[C@@H](c3cccc(F)c3)CC2)C1. The van der Waals surface area contributed by atoms with Gasteiger partial charge in [0.25, 0.3) is 0 Å². The number of piperidine rings is 1. The second kappa shape index (κ2) is 7.73. The lowest BCUT2D eigenvalue weighted by Crippen LogP contribution is -2.47. The Morgan fingerprint density at radius 1 is 1.22 bits per heavy atom. The predicted octanol–water partition coefficient (Wildman–Crippen LogP) is 3.15. The van der Waals surface area contributed by atoms with Crippen LogP contribution < -0.4 is 5.73 Å². The molecule has 1 saturated heterocycles. The molecule has 1 aromatic carbocycles. The maximum atomic E-state index is 13.4. The molecule has 1 aliphatic carbocycles. The van der Waals surface area contributed by atoms with E-state index in [2.05, 4.69) is 11.9 Å². The maximum Gasteiger partial charge on any atom is 0.123 e. The average molecular weight is 320 g/mol. The van der Waals surface area contributed by atoms with Crippen molar-refractivity contribution in [1.29, 1.82) is 0 Å². The Kier molecular flexibility index (Phi) is 5.67. The van der Waals surface area contributed by atoms with Crippen molar-refractivity contribution in [3.63, 3.8) is 0 Å². The molecule has 0 amide bonds. The summed E-state index contributed by atoms with van der Waals surface area (Å²) >= 11 is 0. The first-order valence-electron chi connectivity index (χ1n) is 8.93. The first kappa shape index (κ1) is 16.9. The molecule has 1 aliphatic heterocycles. The number of rotatable bonds is 4. The lowest BCUT2D eigenvalue weighted by atomic mass is 9.82. The molecule has 2 N–H and O–H groups in total. The van der Waals surface area contributed by atoms with Crippen LogP contribution in [0.4, 0.5) is 4.39 Å². The Bertz CT molecular complexity index is 502. The van der Waals surface area contributed by atoms with Gasteiger partial charge in [0.1, 0.15) is 5.82 Å². The predicted molar refractivity (Wildman–Crippen MR) is 90.9 cm³/mol. The number of halogens is 1. The Morgan fingerprint density at radius 3 is 2.74 bits per heavy atom. The molecule has 23 heavy (non-hydrogen) atoms. The molecule has 0 aromatic heterocycles. The molecule has 0 bridgehead atoms. The van der Waals surface area contributed by atoms with Crippen LogP contribution in [0.15, 0.2) is 24.3 Å². The highest BCUT2D eigenvalue weighted by Crippen LogP contribution is 2.34. The standard InChI is InChI=1S/C19H29FN2O/c1-22-10-9-19(21)16(12-22)13-23-18-7-5-14(6-8-18)15-3-2-4-17(20)11-15/h2-4,11,14,16,18-19H,5-10,12-13,21H2,1H3/t14-,16?,18+,19?. The van der Waals surface area contributed by atoms with Gasteiger partial charge in [-0.2, -0.15) is 0 Å². The van der Waals surface area contributed by atoms with E-state index >= 15 is 0 Å². The molecule has 0 radical (unpaired) electrons. The average Bonchev–Trinajstić information content (AvgIpc) is 2.56. The number of nitrogens with two attached hydrogens (primary N) is 1. The summed E-state index contributed by atoms with van der Waals surface area (Å²) in [5.74, 6) is 0.805. The lowest BCUT2D eigenvalue weighted by Gasteiger charge is -2.36. The van der Waals surface area contributed by atoms with Gasteiger partial charge in [-0.1, -0.05) is 12.1 Å². The molecule has 3 nitrogen and oxygen atoms in total. The number of benzene rings is 1. The largest absolute Gasteiger partial charge is 0.378 e. The van der Waals surface area contributed by atoms with E-state index in [1.165, 1.54) is 6.07 Å². The van der Waals surface area contributed by atoms with E-state index in [4.69, 9.17) is 10.5 Å². The van der Waals surface area contributed by atoms with E-state index in [1.54, 1.807) is 6.07 Å². The molecule has 2 atom stereocenters. The molecular formula is C19H29FN2O. The fourth-order valence-electron chi connectivity index (χ4n) is 3.99. The van der Waals surface area contributed by atoms with Gasteiger partial charge in [0.15, 0.2) is 0 Å². The number of hydrogen-bond acceptors (Lipinski definition) is 3. The monoisotopic (exact) mass is 320 g/mol. The van der Waals surface area contributed by atoms with Crippen molar-refractivity contribution >= 4 is 0 Å². The summed E-state index contributed by atoms with van der Waals surface area (Å²) in [5.41, 5.74) is 7.37. The van der Waals surface area contributed by atoms with Crippen LogP contribution in [0.25, 0.3) is 0 Å². The van der Waals surface area contributed by atoms with Crippen molar-refractivity contribution in [2.45, 2.75) is 50.2 Å². The van der Waals surface area contributed by atoms with Gasteiger partial charge >= 0.3 is 0 Å². The number of likely N-dealkylation sites (tertiary alicyclic amines) is 1. The highest BCUT2D eigenvalue weighted by Gasteiger charge is 2.28. The third-order valence-corrected chi connectivity index (χ3v) is 5.54. The van der Waals surface area contributed by atoms with Gasteiger partial charge < -0.3 is 15.4 Å². The van der Waals surface area contributed by atoms with Crippen LogP contribution in [-0.4, -0.2) is 43.8 Å². The zero-order chi connectivity index (χ0) is 16.2. The zero-order valence-electron chi connectivity index (χ0n) is 14.1. The summed E-state index contributed by atoms with van der Waals surface area (Å²) in [6.45, 7) is 2.91. The number of hydrogen-bond donors (Lipinski definition) is 1. The van der Waals surface area contributed by atoms with E-state index in [9.17, 15) is 4.39 Å². The topological polar surface area (TPSA) is 38.5 Å². The van der Waals surface area contributed by atoms with Crippen molar-refractivity contribution in [2.24, 2.45) is 11.7 Å². The second-order valence-corrected chi connectivity index (χ2v) is 7.34. The third-order valence-electron chi connectivity index (χ3n) is 5.54. The van der Waals surface area contributed by atoms with Gasteiger partial charge in [0, 0.05) is 18.5 Å².